The van der Waals surface area contributed by atoms with Gasteiger partial charge in [-0.1, -0.05) is 27.7 Å². The van der Waals surface area contributed by atoms with E-state index in [0.717, 1.165) is 12.1 Å². The smallest absolute Gasteiger partial charge is 0.270 e. The molecular formula is C15H21FN2O3. The SMILES string of the molecule is Cc1cc([N+](=O)[O-])cc(C(=O)NCC(C)C(C)(C)C)c1F. The van der Waals surface area contributed by atoms with Crippen molar-refractivity contribution < 1.29 is 14.1 Å². The second kappa shape index (κ2) is 6.20. The predicted molar refractivity (Wildman–Crippen MR) is 78.7 cm³/mol. The molecule has 0 fully saturated rings. The van der Waals surface area contributed by atoms with Crippen molar-refractivity contribution in [2.45, 2.75) is 34.6 Å². The Kier molecular flexibility index (Phi) is 5.04. The van der Waals surface area contributed by atoms with E-state index in [4.69, 9.17) is 0 Å². The van der Waals surface area contributed by atoms with E-state index < -0.39 is 16.6 Å². The number of nitrogens with one attached hydrogen (secondary N) is 1. The largest absolute Gasteiger partial charge is 0.352 e. The molecule has 1 atom stereocenters. The lowest BCUT2D eigenvalue weighted by Gasteiger charge is -2.27. The third-order valence-electron chi connectivity index (χ3n) is 3.74. The molecule has 0 aliphatic rings. The van der Waals surface area contributed by atoms with Gasteiger partial charge in [0.25, 0.3) is 11.6 Å². The van der Waals surface area contributed by atoms with Crippen molar-refractivity contribution in [3.63, 3.8) is 0 Å². The Hall–Kier alpha value is -1.98. The number of non-ortho nitro benzene ring substituents is 1. The van der Waals surface area contributed by atoms with Gasteiger partial charge in [0, 0.05) is 18.7 Å². The fourth-order valence-corrected chi connectivity index (χ4v) is 1.67. The van der Waals surface area contributed by atoms with Gasteiger partial charge in [0.1, 0.15) is 5.82 Å². The van der Waals surface area contributed by atoms with Gasteiger partial charge in [-0.2, -0.15) is 0 Å². The first-order valence-electron chi connectivity index (χ1n) is 6.76. The van der Waals surface area contributed by atoms with E-state index in [2.05, 4.69) is 5.32 Å². The minimum absolute atomic E-state index is 0.00439. The number of halogens is 1. The first-order valence-corrected chi connectivity index (χ1v) is 6.76. The van der Waals surface area contributed by atoms with Crippen molar-refractivity contribution in [3.05, 3.63) is 39.2 Å². The van der Waals surface area contributed by atoms with Crippen LogP contribution >= 0.6 is 0 Å². The summed E-state index contributed by atoms with van der Waals surface area (Å²) in [5, 5.41) is 13.4. The zero-order chi connectivity index (χ0) is 16.4. The van der Waals surface area contributed by atoms with Gasteiger partial charge < -0.3 is 5.32 Å². The van der Waals surface area contributed by atoms with E-state index in [1.54, 1.807) is 0 Å². The number of benzene rings is 1. The molecule has 1 aromatic carbocycles. The maximum Gasteiger partial charge on any atom is 0.270 e. The molecule has 116 valence electrons. The lowest BCUT2D eigenvalue weighted by atomic mass is 9.82. The molecule has 0 heterocycles. The van der Waals surface area contributed by atoms with Gasteiger partial charge in [-0.15, -0.1) is 0 Å². The molecule has 0 radical (unpaired) electrons. The Bertz CT molecular complexity index is 565. The Morgan fingerprint density at radius 1 is 1.43 bits per heavy atom. The van der Waals surface area contributed by atoms with E-state index in [9.17, 15) is 19.3 Å². The number of amides is 1. The second-order valence-corrected chi connectivity index (χ2v) is 6.36. The molecule has 1 N–H and O–H groups in total. The predicted octanol–water partition coefficient (Wildman–Crippen LogP) is 3.45. The van der Waals surface area contributed by atoms with Crippen molar-refractivity contribution in [1.82, 2.24) is 5.32 Å². The van der Waals surface area contributed by atoms with Crippen LogP contribution in [0, 0.1) is 34.2 Å². The van der Waals surface area contributed by atoms with Crippen LogP contribution in [0.4, 0.5) is 10.1 Å². The molecule has 5 nitrogen and oxygen atoms in total. The molecule has 0 aromatic heterocycles. The maximum atomic E-state index is 14.0. The van der Waals surface area contributed by atoms with Gasteiger partial charge in [-0.05, 0) is 23.8 Å². The molecule has 0 saturated heterocycles. The summed E-state index contributed by atoms with van der Waals surface area (Å²) >= 11 is 0. The molecule has 1 rings (SSSR count). The van der Waals surface area contributed by atoms with E-state index in [-0.39, 0.29) is 28.1 Å². The van der Waals surface area contributed by atoms with Crippen molar-refractivity contribution in [1.29, 1.82) is 0 Å². The standard InChI is InChI=1S/C15H21FN2O3/c1-9-6-11(18(20)21)7-12(13(9)16)14(19)17-8-10(2)15(3,4)5/h6-7,10H,8H2,1-5H3,(H,17,19). The molecule has 0 saturated carbocycles. The third kappa shape index (κ3) is 4.24. The molecule has 1 amide bonds. The normalized spacial score (nSPS) is 12.9. The van der Waals surface area contributed by atoms with Crippen LogP contribution in [0.2, 0.25) is 0 Å². The number of rotatable bonds is 4. The van der Waals surface area contributed by atoms with E-state index in [1.165, 1.54) is 6.92 Å². The molecular weight excluding hydrogens is 275 g/mol. The van der Waals surface area contributed by atoms with Crippen LogP contribution in [0.3, 0.4) is 0 Å². The number of nitro benzene ring substituents is 1. The van der Waals surface area contributed by atoms with Crippen LogP contribution in [0.1, 0.15) is 43.6 Å². The van der Waals surface area contributed by atoms with Gasteiger partial charge >= 0.3 is 0 Å². The van der Waals surface area contributed by atoms with E-state index >= 15 is 0 Å². The highest BCUT2D eigenvalue weighted by Gasteiger charge is 2.23. The minimum Gasteiger partial charge on any atom is -0.352 e. The Labute approximate surface area is 123 Å². The molecule has 0 aliphatic carbocycles. The van der Waals surface area contributed by atoms with Crippen LogP contribution in [0.25, 0.3) is 0 Å². The molecule has 0 spiro atoms. The van der Waals surface area contributed by atoms with Gasteiger partial charge in [-0.25, -0.2) is 4.39 Å². The van der Waals surface area contributed by atoms with E-state index in [0.29, 0.717) is 6.54 Å². The first-order chi connectivity index (χ1) is 9.54. The Morgan fingerprint density at radius 2 is 2.00 bits per heavy atom. The molecule has 0 aliphatic heterocycles. The number of carbonyl (C=O) groups is 1. The van der Waals surface area contributed by atoms with Crippen LogP contribution in [-0.2, 0) is 0 Å². The van der Waals surface area contributed by atoms with Crippen LogP contribution in [0.15, 0.2) is 12.1 Å². The van der Waals surface area contributed by atoms with Gasteiger partial charge in [0.15, 0.2) is 0 Å². The van der Waals surface area contributed by atoms with Crippen molar-refractivity contribution in [3.8, 4) is 0 Å². The number of nitrogens with zero attached hydrogens (tertiary/aromatic N) is 1. The van der Waals surface area contributed by atoms with Gasteiger partial charge in [0.2, 0.25) is 0 Å². The Balaban J connectivity index is 2.95. The summed E-state index contributed by atoms with van der Waals surface area (Å²) in [6, 6.07) is 2.09. The number of carbonyl (C=O) groups excluding carboxylic acids is 1. The third-order valence-corrected chi connectivity index (χ3v) is 3.74. The summed E-state index contributed by atoms with van der Waals surface area (Å²) < 4.78 is 14.0. The number of aryl methyl sites for hydroxylation is 1. The lowest BCUT2D eigenvalue weighted by molar-refractivity contribution is -0.385. The van der Waals surface area contributed by atoms with Crippen LogP contribution < -0.4 is 5.32 Å². The molecule has 1 aromatic rings. The van der Waals surface area contributed by atoms with Crippen molar-refractivity contribution in [2.75, 3.05) is 6.54 Å². The maximum absolute atomic E-state index is 14.0. The summed E-state index contributed by atoms with van der Waals surface area (Å²) in [5.41, 5.74) is -0.492. The summed E-state index contributed by atoms with van der Waals surface area (Å²) in [5.74, 6) is -1.17. The lowest BCUT2D eigenvalue weighted by Crippen LogP contribution is -2.34. The summed E-state index contributed by atoms with van der Waals surface area (Å²) in [7, 11) is 0. The highest BCUT2D eigenvalue weighted by molar-refractivity contribution is 5.95. The van der Waals surface area contributed by atoms with Crippen molar-refractivity contribution >= 4 is 11.6 Å². The zero-order valence-corrected chi connectivity index (χ0v) is 13.0. The summed E-state index contributed by atoms with van der Waals surface area (Å²) in [4.78, 5) is 22.2. The fourth-order valence-electron chi connectivity index (χ4n) is 1.67. The molecule has 6 heteroatoms. The van der Waals surface area contributed by atoms with Crippen LogP contribution in [-0.4, -0.2) is 17.4 Å². The second-order valence-electron chi connectivity index (χ2n) is 6.36. The number of hydrogen-bond acceptors (Lipinski definition) is 3. The summed E-state index contributed by atoms with van der Waals surface area (Å²) in [6.07, 6.45) is 0. The zero-order valence-electron chi connectivity index (χ0n) is 13.0. The fraction of sp³-hybridized carbons (Fsp3) is 0.533. The van der Waals surface area contributed by atoms with Gasteiger partial charge in [-0.3, -0.25) is 14.9 Å². The van der Waals surface area contributed by atoms with Crippen LogP contribution in [0.5, 0.6) is 0 Å². The van der Waals surface area contributed by atoms with E-state index in [1.807, 2.05) is 27.7 Å². The quantitative estimate of drug-likeness (QED) is 0.683. The summed E-state index contributed by atoms with van der Waals surface area (Å²) in [6.45, 7) is 9.89. The number of nitro groups is 1. The molecule has 21 heavy (non-hydrogen) atoms. The Morgan fingerprint density at radius 3 is 2.48 bits per heavy atom. The highest BCUT2D eigenvalue weighted by Crippen LogP contribution is 2.25. The average molecular weight is 296 g/mol. The molecule has 0 bridgehead atoms. The van der Waals surface area contributed by atoms with Crippen molar-refractivity contribution in [2.24, 2.45) is 11.3 Å². The van der Waals surface area contributed by atoms with Gasteiger partial charge in [0.05, 0.1) is 10.5 Å². The topological polar surface area (TPSA) is 72.2 Å². The minimum atomic E-state index is -0.721. The monoisotopic (exact) mass is 296 g/mol. The average Bonchev–Trinajstić information content (AvgIpc) is 2.37. The number of hydrogen-bond donors (Lipinski definition) is 1. The molecule has 1 unspecified atom stereocenters. The highest BCUT2D eigenvalue weighted by atomic mass is 19.1. The first kappa shape index (κ1) is 17.1.